The quantitative estimate of drug-likeness (QED) is 0.352. The first-order valence-corrected chi connectivity index (χ1v) is 10.1. The van der Waals surface area contributed by atoms with Gasteiger partial charge in [-0.05, 0) is 55.5 Å². The van der Waals surface area contributed by atoms with Crippen LogP contribution in [0.25, 0.3) is 22.6 Å². The molecule has 4 aromatic rings. The minimum absolute atomic E-state index is 0.332. The third kappa shape index (κ3) is 4.54. The number of nitrogens with one attached hydrogen (secondary N) is 1. The highest BCUT2D eigenvalue weighted by Crippen LogP contribution is 2.29. The van der Waals surface area contributed by atoms with Crippen molar-refractivity contribution in [3.63, 3.8) is 0 Å². The molecule has 0 fully saturated rings. The molecule has 0 saturated heterocycles. The summed E-state index contributed by atoms with van der Waals surface area (Å²) in [5, 5.41) is 4.22. The number of amides is 1. The zero-order chi connectivity index (χ0) is 21.3. The van der Waals surface area contributed by atoms with Gasteiger partial charge in [-0.15, -0.1) is 0 Å². The second-order valence-corrected chi connectivity index (χ2v) is 7.82. The van der Waals surface area contributed by atoms with Crippen molar-refractivity contribution in [1.82, 2.24) is 4.98 Å². The molecular formula is C22H15Cl3N2O3. The van der Waals surface area contributed by atoms with Crippen LogP contribution >= 0.6 is 34.8 Å². The Morgan fingerprint density at radius 1 is 1.03 bits per heavy atom. The number of rotatable bonds is 5. The summed E-state index contributed by atoms with van der Waals surface area (Å²) in [4.78, 5) is 17.0. The first kappa shape index (κ1) is 20.5. The molecule has 1 amide bonds. The number of nitrogens with zero attached hydrogens (tertiary/aromatic N) is 1. The molecule has 1 heterocycles. The average molecular weight is 462 g/mol. The molecule has 3 aromatic carbocycles. The lowest BCUT2D eigenvalue weighted by Gasteiger charge is -2.15. The molecule has 1 N–H and O–H groups in total. The third-order valence-electron chi connectivity index (χ3n) is 4.29. The lowest BCUT2D eigenvalue weighted by atomic mass is 10.2. The second kappa shape index (κ2) is 8.56. The van der Waals surface area contributed by atoms with E-state index in [1.165, 1.54) is 0 Å². The van der Waals surface area contributed by atoms with Crippen LogP contribution in [0.15, 0.2) is 65.1 Å². The molecule has 4 rings (SSSR count). The Morgan fingerprint density at radius 2 is 1.83 bits per heavy atom. The number of hydrogen-bond acceptors (Lipinski definition) is 4. The number of fused-ring (bicyclic) bond motifs is 1. The van der Waals surface area contributed by atoms with E-state index in [9.17, 15) is 4.79 Å². The lowest BCUT2D eigenvalue weighted by molar-refractivity contribution is -0.122. The van der Waals surface area contributed by atoms with Gasteiger partial charge >= 0.3 is 0 Å². The van der Waals surface area contributed by atoms with Crippen LogP contribution in [0.1, 0.15) is 6.92 Å². The van der Waals surface area contributed by atoms with Crippen molar-refractivity contribution in [2.24, 2.45) is 0 Å². The molecule has 0 spiro atoms. The molecule has 5 nitrogen and oxygen atoms in total. The molecule has 0 saturated carbocycles. The summed E-state index contributed by atoms with van der Waals surface area (Å²) >= 11 is 18.0. The summed E-state index contributed by atoms with van der Waals surface area (Å²) < 4.78 is 11.5. The van der Waals surface area contributed by atoms with E-state index in [0.717, 1.165) is 5.56 Å². The monoisotopic (exact) mass is 460 g/mol. The highest BCUT2D eigenvalue weighted by atomic mass is 35.5. The van der Waals surface area contributed by atoms with Gasteiger partial charge in [-0.2, -0.15) is 0 Å². The van der Waals surface area contributed by atoms with Crippen LogP contribution in [-0.2, 0) is 4.79 Å². The maximum absolute atomic E-state index is 12.5. The fourth-order valence-electron chi connectivity index (χ4n) is 2.81. The summed E-state index contributed by atoms with van der Waals surface area (Å²) in [7, 11) is 0. The van der Waals surface area contributed by atoms with Crippen molar-refractivity contribution in [1.29, 1.82) is 0 Å². The average Bonchev–Trinajstić information content (AvgIpc) is 3.13. The smallest absolute Gasteiger partial charge is 0.265 e. The zero-order valence-corrected chi connectivity index (χ0v) is 17.9. The van der Waals surface area contributed by atoms with Gasteiger partial charge in [0.1, 0.15) is 11.3 Å². The zero-order valence-electron chi connectivity index (χ0n) is 15.7. The number of carbonyl (C=O) groups excluding carboxylic acids is 1. The Bertz CT molecular complexity index is 1240. The van der Waals surface area contributed by atoms with Crippen LogP contribution in [0, 0.1) is 0 Å². The van der Waals surface area contributed by atoms with Gasteiger partial charge in [-0.25, -0.2) is 4.98 Å². The number of aromatic nitrogens is 1. The van der Waals surface area contributed by atoms with Crippen LogP contribution in [0.3, 0.4) is 0 Å². The van der Waals surface area contributed by atoms with Gasteiger partial charge in [0.2, 0.25) is 5.89 Å². The number of anilines is 1. The standard InChI is InChI=1S/C22H15Cl3N2O3/c1-12(29-19-8-5-15(24)10-17(19)25)21(28)26-16-6-7-18-20(11-16)30-22(27-18)13-3-2-4-14(23)9-13/h2-12H,1H3,(H,26,28). The molecule has 30 heavy (non-hydrogen) atoms. The largest absolute Gasteiger partial charge is 0.479 e. The summed E-state index contributed by atoms with van der Waals surface area (Å²) in [5.74, 6) is 0.487. The van der Waals surface area contributed by atoms with Crippen molar-refractivity contribution < 1.29 is 13.9 Å². The topological polar surface area (TPSA) is 64.4 Å². The molecule has 1 aromatic heterocycles. The normalized spacial score (nSPS) is 12.0. The second-order valence-electron chi connectivity index (χ2n) is 6.54. The summed E-state index contributed by atoms with van der Waals surface area (Å²) in [6.45, 7) is 1.63. The molecule has 152 valence electrons. The number of hydrogen-bond donors (Lipinski definition) is 1. The van der Waals surface area contributed by atoms with Gasteiger partial charge in [0, 0.05) is 27.4 Å². The Labute approximate surface area is 187 Å². The number of ether oxygens (including phenoxy) is 1. The predicted molar refractivity (Wildman–Crippen MR) is 120 cm³/mol. The Morgan fingerprint density at radius 3 is 2.60 bits per heavy atom. The van der Waals surface area contributed by atoms with Gasteiger partial charge in [0.05, 0.1) is 5.02 Å². The maximum atomic E-state index is 12.5. The number of carbonyl (C=O) groups is 1. The molecule has 0 radical (unpaired) electrons. The molecule has 0 bridgehead atoms. The van der Waals surface area contributed by atoms with E-state index < -0.39 is 6.10 Å². The van der Waals surface area contributed by atoms with E-state index >= 15 is 0 Å². The van der Waals surface area contributed by atoms with E-state index in [1.807, 2.05) is 12.1 Å². The van der Waals surface area contributed by atoms with Gasteiger partial charge in [0.25, 0.3) is 5.91 Å². The van der Waals surface area contributed by atoms with E-state index in [4.69, 9.17) is 44.0 Å². The van der Waals surface area contributed by atoms with Crippen LogP contribution < -0.4 is 10.1 Å². The van der Waals surface area contributed by atoms with Crippen LogP contribution in [0.2, 0.25) is 15.1 Å². The fourth-order valence-corrected chi connectivity index (χ4v) is 3.45. The summed E-state index contributed by atoms with van der Waals surface area (Å²) in [6.07, 6.45) is -0.781. The Kier molecular flexibility index (Phi) is 5.86. The predicted octanol–water partition coefficient (Wildman–Crippen LogP) is 6.86. The molecular weight excluding hydrogens is 447 g/mol. The van der Waals surface area contributed by atoms with Crippen molar-refractivity contribution in [2.75, 3.05) is 5.32 Å². The maximum Gasteiger partial charge on any atom is 0.265 e. The highest BCUT2D eigenvalue weighted by molar-refractivity contribution is 6.35. The lowest BCUT2D eigenvalue weighted by Crippen LogP contribution is -2.30. The van der Waals surface area contributed by atoms with Crippen LogP contribution in [-0.4, -0.2) is 17.0 Å². The Hall–Kier alpha value is -2.73. The van der Waals surface area contributed by atoms with Crippen molar-refractivity contribution >= 4 is 57.5 Å². The molecule has 1 atom stereocenters. The minimum atomic E-state index is -0.781. The fraction of sp³-hybridized carbons (Fsp3) is 0.0909. The summed E-state index contributed by atoms with van der Waals surface area (Å²) in [5.41, 5.74) is 2.53. The minimum Gasteiger partial charge on any atom is -0.479 e. The first-order valence-electron chi connectivity index (χ1n) is 8.98. The molecule has 0 aliphatic carbocycles. The van der Waals surface area contributed by atoms with Gasteiger partial charge in [-0.3, -0.25) is 4.79 Å². The molecule has 0 aliphatic rings. The van der Waals surface area contributed by atoms with Crippen LogP contribution in [0.5, 0.6) is 5.75 Å². The van der Waals surface area contributed by atoms with Gasteiger partial charge in [-0.1, -0.05) is 40.9 Å². The molecule has 8 heteroatoms. The van der Waals surface area contributed by atoms with Crippen molar-refractivity contribution in [3.8, 4) is 17.2 Å². The number of benzene rings is 3. The van der Waals surface area contributed by atoms with Gasteiger partial charge < -0.3 is 14.5 Å². The molecule has 1 unspecified atom stereocenters. The third-order valence-corrected chi connectivity index (χ3v) is 5.06. The first-order chi connectivity index (χ1) is 14.4. The van der Waals surface area contributed by atoms with Crippen molar-refractivity contribution in [2.45, 2.75) is 13.0 Å². The molecule has 0 aliphatic heterocycles. The number of halogens is 3. The van der Waals surface area contributed by atoms with E-state index in [1.54, 1.807) is 55.5 Å². The highest BCUT2D eigenvalue weighted by Gasteiger charge is 2.17. The summed E-state index contributed by atoms with van der Waals surface area (Å²) in [6, 6.07) is 17.3. The van der Waals surface area contributed by atoms with Crippen molar-refractivity contribution in [3.05, 3.63) is 75.7 Å². The van der Waals surface area contributed by atoms with Gasteiger partial charge in [0.15, 0.2) is 11.7 Å². The SMILES string of the molecule is CC(Oc1ccc(Cl)cc1Cl)C(=O)Nc1ccc2nc(-c3cccc(Cl)c3)oc2c1. The Balaban J connectivity index is 1.49. The van der Waals surface area contributed by atoms with E-state index in [2.05, 4.69) is 10.3 Å². The van der Waals surface area contributed by atoms with E-state index in [-0.39, 0.29) is 5.91 Å². The van der Waals surface area contributed by atoms with E-state index in [0.29, 0.717) is 43.5 Å². The number of oxazole rings is 1. The van der Waals surface area contributed by atoms with Crippen LogP contribution in [0.4, 0.5) is 5.69 Å².